The summed E-state index contributed by atoms with van der Waals surface area (Å²) in [6, 6.07) is 3.44. The van der Waals surface area contributed by atoms with Crippen LogP contribution in [-0.2, 0) is 9.59 Å². The summed E-state index contributed by atoms with van der Waals surface area (Å²) in [5.74, 6) is -4.37. The van der Waals surface area contributed by atoms with Gasteiger partial charge in [-0.2, -0.15) is 0 Å². The van der Waals surface area contributed by atoms with Gasteiger partial charge in [0, 0.05) is 30.3 Å². The molecule has 2 amide bonds. The van der Waals surface area contributed by atoms with E-state index in [9.17, 15) is 19.5 Å². The van der Waals surface area contributed by atoms with Crippen LogP contribution in [0.5, 0.6) is 0 Å². The average Bonchev–Trinajstić information content (AvgIpc) is 2.54. The molecule has 0 radical (unpaired) electrons. The zero-order valence-electron chi connectivity index (χ0n) is 13.2. The monoisotopic (exact) mass is 370 g/mol. The van der Waals surface area contributed by atoms with Gasteiger partial charge < -0.3 is 31.5 Å². The minimum Gasteiger partial charge on any atom is -0.481 e. The Balaban J connectivity index is 2.36. The van der Waals surface area contributed by atoms with Gasteiger partial charge in [0.2, 0.25) is 0 Å². The fraction of sp³-hybridized carbons (Fsp3) is 0.400. The first-order valence-corrected chi connectivity index (χ1v) is 7.88. The number of halogens is 1. The van der Waals surface area contributed by atoms with Gasteiger partial charge in [0.15, 0.2) is 0 Å². The second-order valence-corrected chi connectivity index (χ2v) is 6.19. The smallest absolute Gasteiger partial charge is 0.321 e. The molecule has 1 aliphatic rings. The fourth-order valence-electron chi connectivity index (χ4n) is 3.01. The van der Waals surface area contributed by atoms with Crippen molar-refractivity contribution in [2.24, 2.45) is 17.4 Å². The number of nitrogens with zero attached hydrogens (tertiary/aromatic N) is 2. The van der Waals surface area contributed by atoms with Crippen LogP contribution >= 0.6 is 11.6 Å². The first-order chi connectivity index (χ1) is 11.7. The maximum Gasteiger partial charge on any atom is 0.321 e. The lowest BCUT2D eigenvalue weighted by atomic mass is 9.89. The number of hydrogen-bond donors (Lipinski definition) is 4. The number of primary amides is 1. The summed E-state index contributed by atoms with van der Waals surface area (Å²) in [7, 11) is 0. The molecule has 0 bridgehead atoms. The molecule has 1 heterocycles. The minimum absolute atomic E-state index is 0.0707. The maximum atomic E-state index is 11.7. The topological polar surface area (TPSA) is 150 Å². The van der Waals surface area contributed by atoms with Gasteiger partial charge in [0.25, 0.3) is 0 Å². The SMILES string of the molecule is NC(=O)N1CCN(c2cccc(Cl)c2)CC1C(C(=O)O)[C@H](N)C(=O)O. The lowest BCUT2D eigenvalue weighted by molar-refractivity contribution is -0.152. The van der Waals surface area contributed by atoms with Gasteiger partial charge >= 0.3 is 18.0 Å². The molecule has 0 saturated carbocycles. The van der Waals surface area contributed by atoms with Gasteiger partial charge in [-0.15, -0.1) is 0 Å². The van der Waals surface area contributed by atoms with Crippen LogP contribution in [0.3, 0.4) is 0 Å². The summed E-state index contributed by atoms with van der Waals surface area (Å²) in [5.41, 5.74) is 11.6. The highest BCUT2D eigenvalue weighted by Crippen LogP contribution is 2.26. The van der Waals surface area contributed by atoms with Crippen molar-refractivity contribution in [3.05, 3.63) is 29.3 Å². The molecule has 136 valence electrons. The van der Waals surface area contributed by atoms with E-state index in [1.54, 1.807) is 24.3 Å². The number of carbonyl (C=O) groups excluding carboxylic acids is 1. The number of anilines is 1. The first kappa shape index (κ1) is 18.8. The molecule has 6 N–H and O–H groups in total. The number of carboxylic acid groups (broad SMARTS) is 2. The van der Waals surface area contributed by atoms with Gasteiger partial charge in [-0.3, -0.25) is 9.59 Å². The highest BCUT2D eigenvalue weighted by atomic mass is 35.5. The number of hydrogen-bond acceptors (Lipinski definition) is 5. The fourth-order valence-corrected chi connectivity index (χ4v) is 3.19. The van der Waals surface area contributed by atoms with Crippen molar-refractivity contribution in [3.8, 4) is 0 Å². The van der Waals surface area contributed by atoms with Gasteiger partial charge in [-0.05, 0) is 18.2 Å². The van der Waals surface area contributed by atoms with Crippen LogP contribution in [0.15, 0.2) is 24.3 Å². The van der Waals surface area contributed by atoms with Gasteiger partial charge in [-0.25, -0.2) is 4.79 Å². The van der Waals surface area contributed by atoms with E-state index in [1.165, 1.54) is 0 Å². The summed E-state index contributed by atoms with van der Waals surface area (Å²) in [6.07, 6.45) is 0. The van der Waals surface area contributed by atoms with E-state index < -0.39 is 36.0 Å². The van der Waals surface area contributed by atoms with Crippen LogP contribution in [0.25, 0.3) is 0 Å². The molecule has 1 aliphatic heterocycles. The number of nitrogens with two attached hydrogens (primary N) is 2. The Kier molecular flexibility index (Phi) is 5.70. The standard InChI is InChI=1S/C15H19ClN4O5/c16-8-2-1-3-9(6-8)19-4-5-20(15(18)25)10(7-19)11(13(21)22)12(17)14(23)24/h1-3,6,10-12H,4-5,7,17H2,(H2,18,25)(H,21,22)(H,23,24)/t10?,11?,12-/m0/s1. The summed E-state index contributed by atoms with van der Waals surface area (Å²) in [6.45, 7) is 0.609. The van der Waals surface area contributed by atoms with Crippen LogP contribution < -0.4 is 16.4 Å². The van der Waals surface area contributed by atoms with E-state index in [-0.39, 0.29) is 13.1 Å². The molecule has 1 saturated heterocycles. The molecule has 10 heteroatoms. The van der Waals surface area contributed by atoms with E-state index in [0.717, 1.165) is 10.6 Å². The molecule has 0 spiro atoms. The van der Waals surface area contributed by atoms with Gasteiger partial charge in [0.05, 0.1) is 6.04 Å². The molecule has 3 atom stereocenters. The van der Waals surface area contributed by atoms with E-state index in [4.69, 9.17) is 28.2 Å². The Morgan fingerprint density at radius 3 is 2.40 bits per heavy atom. The second kappa shape index (κ2) is 7.58. The van der Waals surface area contributed by atoms with Crippen LogP contribution in [0.1, 0.15) is 0 Å². The van der Waals surface area contributed by atoms with E-state index in [0.29, 0.717) is 11.6 Å². The van der Waals surface area contributed by atoms with E-state index in [2.05, 4.69) is 0 Å². The molecule has 1 aromatic rings. The Hall–Kier alpha value is -2.52. The van der Waals surface area contributed by atoms with Crippen LogP contribution in [0.2, 0.25) is 5.02 Å². The van der Waals surface area contributed by atoms with E-state index in [1.807, 2.05) is 4.90 Å². The summed E-state index contributed by atoms with van der Waals surface area (Å²) in [5, 5.41) is 19.1. The average molecular weight is 371 g/mol. The number of rotatable bonds is 5. The number of urea groups is 1. The molecule has 25 heavy (non-hydrogen) atoms. The Labute approximate surface area is 148 Å². The normalized spacial score (nSPS) is 20.0. The Morgan fingerprint density at radius 1 is 1.20 bits per heavy atom. The van der Waals surface area contributed by atoms with Gasteiger partial charge in [-0.1, -0.05) is 17.7 Å². The minimum atomic E-state index is -1.68. The summed E-state index contributed by atoms with van der Waals surface area (Å²) < 4.78 is 0. The van der Waals surface area contributed by atoms with Crippen molar-refractivity contribution in [1.82, 2.24) is 4.90 Å². The number of benzene rings is 1. The molecule has 9 nitrogen and oxygen atoms in total. The number of piperazine rings is 1. The lowest BCUT2D eigenvalue weighted by Crippen LogP contribution is -2.64. The summed E-state index contributed by atoms with van der Waals surface area (Å²) >= 11 is 5.98. The highest BCUT2D eigenvalue weighted by Gasteiger charge is 2.44. The van der Waals surface area contributed by atoms with Crippen molar-refractivity contribution in [3.63, 3.8) is 0 Å². The van der Waals surface area contributed by atoms with E-state index >= 15 is 0 Å². The number of aliphatic carboxylic acids is 2. The van der Waals surface area contributed by atoms with Crippen molar-refractivity contribution >= 4 is 35.3 Å². The Bertz CT molecular complexity index is 686. The van der Waals surface area contributed by atoms with Gasteiger partial charge in [0.1, 0.15) is 12.0 Å². The van der Waals surface area contributed by atoms with Crippen molar-refractivity contribution < 1.29 is 24.6 Å². The third-order valence-corrected chi connectivity index (χ3v) is 4.48. The first-order valence-electron chi connectivity index (χ1n) is 7.50. The molecule has 2 rings (SSSR count). The maximum absolute atomic E-state index is 11.7. The van der Waals surface area contributed by atoms with Crippen molar-refractivity contribution in [2.45, 2.75) is 12.1 Å². The second-order valence-electron chi connectivity index (χ2n) is 5.75. The molecule has 2 unspecified atom stereocenters. The van der Waals surface area contributed by atoms with Crippen molar-refractivity contribution in [1.29, 1.82) is 0 Å². The third-order valence-electron chi connectivity index (χ3n) is 4.25. The molecule has 1 fully saturated rings. The summed E-state index contributed by atoms with van der Waals surface area (Å²) in [4.78, 5) is 37.5. The number of carboxylic acids is 2. The molecular weight excluding hydrogens is 352 g/mol. The van der Waals surface area contributed by atoms with Crippen LogP contribution in [0, 0.1) is 5.92 Å². The number of carbonyl (C=O) groups is 3. The highest BCUT2D eigenvalue weighted by molar-refractivity contribution is 6.30. The quantitative estimate of drug-likeness (QED) is 0.570. The Morgan fingerprint density at radius 2 is 1.88 bits per heavy atom. The molecule has 0 aliphatic carbocycles. The zero-order chi connectivity index (χ0) is 18.7. The van der Waals surface area contributed by atoms with Crippen LogP contribution in [0.4, 0.5) is 10.5 Å². The van der Waals surface area contributed by atoms with Crippen LogP contribution in [-0.4, -0.2) is 64.8 Å². The molecule has 1 aromatic carbocycles. The third kappa shape index (κ3) is 4.12. The largest absolute Gasteiger partial charge is 0.481 e. The number of amides is 2. The molecular formula is C15H19ClN4O5. The zero-order valence-corrected chi connectivity index (χ0v) is 14.0. The predicted octanol–water partition coefficient (Wildman–Crippen LogP) is 0.0220. The molecule has 0 aromatic heterocycles. The lowest BCUT2D eigenvalue weighted by Gasteiger charge is -2.44. The predicted molar refractivity (Wildman–Crippen MR) is 90.5 cm³/mol. The van der Waals surface area contributed by atoms with Crippen molar-refractivity contribution in [2.75, 3.05) is 24.5 Å².